The molecule has 0 saturated carbocycles. The van der Waals surface area contributed by atoms with Gasteiger partial charge in [-0.2, -0.15) is 0 Å². The lowest BCUT2D eigenvalue weighted by Crippen LogP contribution is -2.51. The van der Waals surface area contributed by atoms with Crippen molar-refractivity contribution in [3.8, 4) is 17.2 Å². The summed E-state index contributed by atoms with van der Waals surface area (Å²) >= 11 is 0. The van der Waals surface area contributed by atoms with Crippen LogP contribution < -0.4 is 20.7 Å². The number of phenols is 2. The number of carbonyl (C=O) groups is 3. The Balaban J connectivity index is 1.42. The maximum Gasteiger partial charge on any atom is 0.251 e. The molecule has 1 aliphatic heterocycles. The molecular formula is C26H24FN3O6. The topological polar surface area (TPSA) is 137 Å². The van der Waals surface area contributed by atoms with E-state index in [0.717, 1.165) is 0 Å². The van der Waals surface area contributed by atoms with Crippen molar-refractivity contribution in [3.63, 3.8) is 0 Å². The van der Waals surface area contributed by atoms with Gasteiger partial charge in [-0.05, 0) is 48.5 Å². The Labute approximate surface area is 205 Å². The molecule has 186 valence electrons. The summed E-state index contributed by atoms with van der Waals surface area (Å²) in [6.07, 6.45) is 0. The maximum absolute atomic E-state index is 14.5. The molecule has 1 fully saturated rings. The monoisotopic (exact) mass is 493 g/mol. The second-order valence-corrected chi connectivity index (χ2v) is 8.25. The highest BCUT2D eigenvalue weighted by atomic mass is 19.1. The largest absolute Gasteiger partial charge is 0.508 e. The standard InChI is InChI=1S/C26H24FN3O6/c1-36-21-11-10-20(32)22(23(21)27)24(33)14-2-4-15(5-3-14)25(34)29-18-12-28-13-19(18)30-26(35)16-6-8-17(31)9-7-16/h2-11,18-19,28,31-32H,12-13H2,1H3,(H,29,34)(H,30,35)/t18-,19-/m1/s1. The van der Waals surface area contributed by atoms with Gasteiger partial charge in [0.05, 0.1) is 19.2 Å². The summed E-state index contributed by atoms with van der Waals surface area (Å²) in [7, 11) is 1.25. The Morgan fingerprint density at radius 2 is 1.33 bits per heavy atom. The molecule has 0 radical (unpaired) electrons. The van der Waals surface area contributed by atoms with Gasteiger partial charge in [-0.15, -0.1) is 0 Å². The van der Waals surface area contributed by atoms with Crippen LogP contribution in [0.4, 0.5) is 4.39 Å². The van der Waals surface area contributed by atoms with E-state index in [9.17, 15) is 29.0 Å². The van der Waals surface area contributed by atoms with E-state index >= 15 is 0 Å². The first-order valence-electron chi connectivity index (χ1n) is 11.1. The Bertz CT molecular complexity index is 1290. The Hall–Kier alpha value is -4.44. The second-order valence-electron chi connectivity index (χ2n) is 8.25. The smallest absolute Gasteiger partial charge is 0.251 e. The average Bonchev–Trinajstić information content (AvgIpc) is 3.30. The molecule has 5 N–H and O–H groups in total. The zero-order chi connectivity index (χ0) is 25.8. The number of amides is 2. The highest BCUT2D eigenvalue weighted by Gasteiger charge is 2.30. The van der Waals surface area contributed by atoms with Crippen LogP contribution in [0.1, 0.15) is 36.6 Å². The van der Waals surface area contributed by atoms with Crippen molar-refractivity contribution in [1.82, 2.24) is 16.0 Å². The van der Waals surface area contributed by atoms with Gasteiger partial charge in [0.2, 0.25) is 0 Å². The summed E-state index contributed by atoms with van der Waals surface area (Å²) < 4.78 is 19.4. The van der Waals surface area contributed by atoms with E-state index in [4.69, 9.17) is 4.74 Å². The third-order valence-electron chi connectivity index (χ3n) is 5.92. The summed E-state index contributed by atoms with van der Waals surface area (Å²) in [5.74, 6) is -3.12. The van der Waals surface area contributed by atoms with E-state index in [1.165, 1.54) is 67.8 Å². The average molecular weight is 493 g/mol. The number of halogens is 1. The van der Waals surface area contributed by atoms with Crippen molar-refractivity contribution in [1.29, 1.82) is 0 Å². The normalized spacial score (nSPS) is 16.8. The lowest BCUT2D eigenvalue weighted by atomic mass is 10.00. The number of rotatable bonds is 7. The number of methoxy groups -OCH3 is 1. The van der Waals surface area contributed by atoms with Crippen LogP contribution >= 0.6 is 0 Å². The molecule has 3 aromatic rings. The number of benzene rings is 3. The van der Waals surface area contributed by atoms with Gasteiger partial charge in [-0.25, -0.2) is 4.39 Å². The molecule has 0 unspecified atom stereocenters. The van der Waals surface area contributed by atoms with Crippen LogP contribution in [0.3, 0.4) is 0 Å². The third kappa shape index (κ3) is 5.13. The molecule has 1 heterocycles. The third-order valence-corrected chi connectivity index (χ3v) is 5.92. The van der Waals surface area contributed by atoms with E-state index in [1.807, 2.05) is 0 Å². The van der Waals surface area contributed by atoms with Gasteiger partial charge < -0.3 is 30.9 Å². The quantitative estimate of drug-likeness (QED) is 0.318. The lowest BCUT2D eigenvalue weighted by Gasteiger charge is -2.21. The fourth-order valence-electron chi connectivity index (χ4n) is 3.94. The van der Waals surface area contributed by atoms with Crippen LogP contribution in [-0.4, -0.2) is 60.1 Å². The highest BCUT2D eigenvalue weighted by molar-refractivity contribution is 6.11. The van der Waals surface area contributed by atoms with Gasteiger partial charge in [-0.3, -0.25) is 14.4 Å². The van der Waals surface area contributed by atoms with E-state index in [0.29, 0.717) is 18.7 Å². The first kappa shape index (κ1) is 24.7. The molecule has 9 nitrogen and oxygen atoms in total. The molecule has 4 rings (SSSR count). The Morgan fingerprint density at radius 3 is 1.86 bits per heavy atom. The predicted octanol–water partition coefficient (Wildman–Crippen LogP) is 1.98. The van der Waals surface area contributed by atoms with E-state index in [2.05, 4.69) is 16.0 Å². The Kier molecular flexibility index (Phi) is 7.16. The molecule has 0 aromatic heterocycles. The molecule has 36 heavy (non-hydrogen) atoms. The second kappa shape index (κ2) is 10.4. The van der Waals surface area contributed by atoms with Gasteiger partial charge >= 0.3 is 0 Å². The van der Waals surface area contributed by atoms with Crippen LogP contribution in [0.25, 0.3) is 0 Å². The van der Waals surface area contributed by atoms with Crippen LogP contribution in [0.15, 0.2) is 60.7 Å². The van der Waals surface area contributed by atoms with Crippen LogP contribution in [0.5, 0.6) is 17.2 Å². The number of nitrogens with one attached hydrogen (secondary N) is 3. The lowest BCUT2D eigenvalue weighted by molar-refractivity contribution is 0.0896. The minimum atomic E-state index is -0.974. The molecule has 0 bridgehead atoms. The van der Waals surface area contributed by atoms with Crippen molar-refractivity contribution in [3.05, 3.63) is 88.7 Å². The molecule has 0 aliphatic carbocycles. The molecule has 10 heteroatoms. The molecule has 1 saturated heterocycles. The predicted molar refractivity (Wildman–Crippen MR) is 128 cm³/mol. The van der Waals surface area contributed by atoms with E-state index in [-0.39, 0.29) is 40.6 Å². The molecule has 0 spiro atoms. The number of aromatic hydroxyl groups is 2. The van der Waals surface area contributed by atoms with Crippen molar-refractivity contribution < 1.29 is 33.7 Å². The maximum atomic E-state index is 14.5. The number of hydrogen-bond acceptors (Lipinski definition) is 7. The van der Waals surface area contributed by atoms with Gasteiger partial charge in [0.15, 0.2) is 17.3 Å². The van der Waals surface area contributed by atoms with Gasteiger partial charge in [-0.1, -0.05) is 12.1 Å². The zero-order valence-electron chi connectivity index (χ0n) is 19.2. The molecule has 3 aromatic carbocycles. The van der Waals surface area contributed by atoms with Crippen molar-refractivity contribution in [2.75, 3.05) is 20.2 Å². The fraction of sp³-hybridized carbons (Fsp3) is 0.192. The first-order chi connectivity index (χ1) is 17.3. The van der Waals surface area contributed by atoms with Crippen molar-refractivity contribution in [2.24, 2.45) is 0 Å². The number of hydrogen-bond donors (Lipinski definition) is 5. The van der Waals surface area contributed by atoms with Crippen LogP contribution in [0, 0.1) is 5.82 Å². The van der Waals surface area contributed by atoms with Crippen molar-refractivity contribution in [2.45, 2.75) is 12.1 Å². The molecule has 2 amide bonds. The number of ketones is 1. The first-order valence-corrected chi connectivity index (χ1v) is 11.1. The van der Waals surface area contributed by atoms with E-state index < -0.39 is 28.8 Å². The Morgan fingerprint density at radius 1 is 0.833 bits per heavy atom. The SMILES string of the molecule is COc1ccc(O)c(C(=O)c2ccc(C(=O)N[C@@H]3CNC[C@H]3NC(=O)c3ccc(O)cc3)cc2)c1F. The van der Waals surface area contributed by atoms with Crippen LogP contribution in [0.2, 0.25) is 0 Å². The molecule has 2 atom stereocenters. The highest BCUT2D eigenvalue weighted by Crippen LogP contribution is 2.30. The molecule has 1 aliphatic rings. The summed E-state index contributed by atoms with van der Waals surface area (Å²) in [5.41, 5.74) is 0.201. The molecular weight excluding hydrogens is 469 g/mol. The summed E-state index contributed by atoms with van der Waals surface area (Å²) in [6, 6.07) is 13.0. The van der Waals surface area contributed by atoms with Gasteiger partial charge in [0.1, 0.15) is 17.1 Å². The van der Waals surface area contributed by atoms with Gasteiger partial charge in [0.25, 0.3) is 11.8 Å². The number of ether oxygens (including phenoxy) is 1. The number of phenolic OH excluding ortho intramolecular Hbond substituents is 2. The summed E-state index contributed by atoms with van der Waals surface area (Å²) in [4.78, 5) is 38.1. The minimum absolute atomic E-state index is 0.0531. The summed E-state index contributed by atoms with van der Waals surface area (Å²) in [5, 5.41) is 28.2. The van der Waals surface area contributed by atoms with Gasteiger partial charge in [0, 0.05) is 29.8 Å². The number of carbonyl (C=O) groups excluding carboxylic acids is 3. The summed E-state index contributed by atoms with van der Waals surface area (Å²) in [6.45, 7) is 0.898. The van der Waals surface area contributed by atoms with Crippen LogP contribution in [-0.2, 0) is 0 Å². The van der Waals surface area contributed by atoms with E-state index in [1.54, 1.807) is 0 Å². The minimum Gasteiger partial charge on any atom is -0.508 e. The fourth-order valence-corrected chi connectivity index (χ4v) is 3.94. The van der Waals surface area contributed by atoms with Crippen molar-refractivity contribution >= 4 is 17.6 Å². The zero-order valence-corrected chi connectivity index (χ0v) is 19.2.